The average Bonchev–Trinajstić information content (AvgIpc) is 2.52. The van der Waals surface area contributed by atoms with E-state index in [0.717, 1.165) is 12.1 Å². The van der Waals surface area contributed by atoms with Crippen LogP contribution in [0.25, 0.3) is 0 Å². The molecule has 10 heteroatoms. The first-order chi connectivity index (χ1) is 10.8. The van der Waals surface area contributed by atoms with Crippen LogP contribution in [0.2, 0.25) is 0 Å². The van der Waals surface area contributed by atoms with Gasteiger partial charge in [-0.05, 0) is 12.1 Å². The van der Waals surface area contributed by atoms with Crippen molar-refractivity contribution in [1.82, 2.24) is 5.32 Å². The van der Waals surface area contributed by atoms with E-state index in [1.807, 2.05) is 0 Å². The molecule has 0 spiro atoms. The average molecular weight is 331 g/mol. The summed E-state index contributed by atoms with van der Waals surface area (Å²) in [5, 5.41) is 68.2. The molecule has 1 fully saturated rings. The second-order valence-corrected chi connectivity index (χ2v) is 5.09. The second-order valence-electron chi connectivity index (χ2n) is 5.09. The van der Waals surface area contributed by atoms with Crippen LogP contribution in [0, 0.1) is 0 Å². The zero-order valence-electron chi connectivity index (χ0n) is 11.7. The van der Waals surface area contributed by atoms with Gasteiger partial charge in [0.1, 0.15) is 24.4 Å². The Bertz CT molecular complexity index is 568. The van der Waals surface area contributed by atoms with E-state index in [1.54, 1.807) is 0 Å². The molecule has 0 saturated carbocycles. The molecule has 2 rings (SSSR count). The molecule has 1 amide bonds. The number of aliphatic hydroxyl groups excluding tert-OH is 4. The summed E-state index contributed by atoms with van der Waals surface area (Å²) >= 11 is 0. The molecule has 0 aromatic heterocycles. The van der Waals surface area contributed by atoms with Crippen LogP contribution in [0.5, 0.6) is 17.2 Å². The van der Waals surface area contributed by atoms with Gasteiger partial charge in [0.25, 0.3) is 5.91 Å². The van der Waals surface area contributed by atoms with Gasteiger partial charge in [-0.15, -0.1) is 0 Å². The maximum Gasteiger partial charge on any atom is 0.253 e. The van der Waals surface area contributed by atoms with E-state index < -0.39 is 60.4 Å². The van der Waals surface area contributed by atoms with E-state index in [1.165, 1.54) is 0 Å². The number of hydrogen-bond acceptors (Lipinski definition) is 9. The highest BCUT2D eigenvalue weighted by Crippen LogP contribution is 2.35. The summed E-state index contributed by atoms with van der Waals surface area (Å²) < 4.78 is 5.09. The molecular formula is C13H17NO9. The fraction of sp³-hybridized carbons (Fsp3) is 0.462. The van der Waals surface area contributed by atoms with Crippen LogP contribution in [0.3, 0.4) is 0 Å². The van der Waals surface area contributed by atoms with E-state index in [9.17, 15) is 35.4 Å². The fourth-order valence-corrected chi connectivity index (χ4v) is 2.17. The van der Waals surface area contributed by atoms with Crippen molar-refractivity contribution < 1.29 is 45.3 Å². The summed E-state index contributed by atoms with van der Waals surface area (Å²) in [6, 6.07) is 1.74. The van der Waals surface area contributed by atoms with Crippen molar-refractivity contribution in [3.8, 4) is 17.2 Å². The number of hydrogen-bond donors (Lipinski definition) is 8. The number of phenols is 3. The van der Waals surface area contributed by atoms with Gasteiger partial charge in [0.15, 0.2) is 23.5 Å². The molecule has 0 radical (unpaired) electrons. The molecule has 10 nitrogen and oxygen atoms in total. The number of aliphatic hydroxyl groups is 4. The highest BCUT2D eigenvalue weighted by Gasteiger charge is 2.44. The molecule has 1 aliphatic rings. The molecule has 128 valence electrons. The lowest BCUT2D eigenvalue weighted by atomic mass is 9.98. The minimum atomic E-state index is -1.67. The Labute approximate surface area is 129 Å². The molecule has 8 N–H and O–H groups in total. The third-order valence-corrected chi connectivity index (χ3v) is 3.50. The van der Waals surface area contributed by atoms with Crippen molar-refractivity contribution >= 4 is 5.91 Å². The van der Waals surface area contributed by atoms with Gasteiger partial charge in [0.2, 0.25) is 0 Å². The molecule has 1 aromatic carbocycles. The van der Waals surface area contributed by atoms with Gasteiger partial charge >= 0.3 is 0 Å². The summed E-state index contributed by atoms with van der Waals surface area (Å²) in [7, 11) is 0. The topological polar surface area (TPSA) is 180 Å². The van der Waals surface area contributed by atoms with Crippen LogP contribution in [0.4, 0.5) is 0 Å². The summed E-state index contributed by atoms with van der Waals surface area (Å²) in [5.41, 5.74) is -0.255. The first-order valence-corrected chi connectivity index (χ1v) is 6.62. The van der Waals surface area contributed by atoms with Crippen LogP contribution in [0.1, 0.15) is 10.4 Å². The number of benzene rings is 1. The Morgan fingerprint density at radius 2 is 1.61 bits per heavy atom. The van der Waals surface area contributed by atoms with Crippen LogP contribution in [-0.2, 0) is 4.74 Å². The molecular weight excluding hydrogens is 314 g/mol. The number of amides is 1. The quantitative estimate of drug-likeness (QED) is 0.274. The van der Waals surface area contributed by atoms with Crippen molar-refractivity contribution in [2.24, 2.45) is 0 Å². The summed E-state index contributed by atoms with van der Waals surface area (Å²) in [6.07, 6.45) is -7.54. The van der Waals surface area contributed by atoms with Gasteiger partial charge < -0.3 is 45.8 Å². The molecule has 2 unspecified atom stereocenters. The van der Waals surface area contributed by atoms with Crippen LogP contribution < -0.4 is 5.32 Å². The third-order valence-electron chi connectivity index (χ3n) is 3.50. The largest absolute Gasteiger partial charge is 0.504 e. The number of phenolic OH excluding ortho intramolecular Hbond substituents is 3. The number of rotatable bonds is 3. The molecule has 5 atom stereocenters. The minimum absolute atomic E-state index is 0.255. The van der Waals surface area contributed by atoms with E-state index in [2.05, 4.69) is 5.32 Å². The number of nitrogens with one attached hydrogen (secondary N) is 1. The minimum Gasteiger partial charge on any atom is -0.504 e. The maximum atomic E-state index is 12.0. The molecule has 1 heterocycles. The zero-order chi connectivity index (χ0) is 17.3. The normalized spacial score (nSPS) is 30.9. The number of carbonyl (C=O) groups excluding carboxylic acids is 1. The van der Waals surface area contributed by atoms with Crippen molar-refractivity contribution in [1.29, 1.82) is 0 Å². The standard InChI is InChI=1S/C13H17NO9/c15-3-7-9(19)10(20)11(21)13(23-7)14-12(22)4-1-5(16)8(18)6(17)2-4/h1-2,7,9-11,13,15-21H,3H2,(H,14,22)/t7?,9-,10?,11+,13-/m1/s1. The van der Waals surface area contributed by atoms with E-state index >= 15 is 0 Å². The highest BCUT2D eigenvalue weighted by atomic mass is 16.6. The van der Waals surface area contributed by atoms with E-state index in [0.29, 0.717) is 0 Å². The van der Waals surface area contributed by atoms with Crippen molar-refractivity contribution in [3.63, 3.8) is 0 Å². The van der Waals surface area contributed by atoms with Gasteiger partial charge in [0, 0.05) is 5.56 Å². The van der Waals surface area contributed by atoms with Crippen LogP contribution in [0.15, 0.2) is 12.1 Å². The molecule has 1 aliphatic heterocycles. The predicted molar refractivity (Wildman–Crippen MR) is 72.7 cm³/mol. The lowest BCUT2D eigenvalue weighted by Crippen LogP contribution is -2.63. The van der Waals surface area contributed by atoms with Crippen LogP contribution >= 0.6 is 0 Å². The van der Waals surface area contributed by atoms with E-state index in [-0.39, 0.29) is 5.56 Å². The smallest absolute Gasteiger partial charge is 0.253 e. The first kappa shape index (κ1) is 17.2. The van der Waals surface area contributed by atoms with Gasteiger partial charge in [-0.2, -0.15) is 0 Å². The summed E-state index contributed by atoms with van der Waals surface area (Å²) in [4.78, 5) is 12.0. The Kier molecular flexibility index (Phi) is 4.92. The molecule has 0 aliphatic carbocycles. The third kappa shape index (κ3) is 3.30. The lowest BCUT2D eigenvalue weighted by Gasteiger charge is -2.40. The molecule has 23 heavy (non-hydrogen) atoms. The first-order valence-electron chi connectivity index (χ1n) is 6.62. The summed E-state index contributed by atoms with van der Waals surface area (Å²) in [5.74, 6) is -3.16. The Morgan fingerprint density at radius 1 is 1.04 bits per heavy atom. The van der Waals surface area contributed by atoms with Crippen molar-refractivity contribution in [2.75, 3.05) is 6.61 Å². The number of ether oxygens (including phenoxy) is 1. The molecule has 0 bridgehead atoms. The van der Waals surface area contributed by atoms with Crippen LogP contribution in [-0.4, -0.2) is 78.9 Å². The van der Waals surface area contributed by atoms with Gasteiger partial charge in [0.05, 0.1) is 6.61 Å². The monoisotopic (exact) mass is 331 g/mol. The summed E-state index contributed by atoms with van der Waals surface area (Å²) in [6.45, 7) is -0.655. The Balaban J connectivity index is 2.16. The maximum absolute atomic E-state index is 12.0. The Hall–Kier alpha value is -2.11. The van der Waals surface area contributed by atoms with Gasteiger partial charge in [-0.25, -0.2) is 0 Å². The van der Waals surface area contributed by atoms with Gasteiger partial charge in [-0.3, -0.25) is 4.79 Å². The lowest BCUT2D eigenvalue weighted by molar-refractivity contribution is -0.233. The Morgan fingerprint density at radius 3 is 2.13 bits per heavy atom. The number of aromatic hydroxyl groups is 3. The second kappa shape index (κ2) is 6.56. The predicted octanol–water partition coefficient (Wildman–Crippen LogP) is -2.67. The molecule has 1 aromatic rings. The zero-order valence-corrected chi connectivity index (χ0v) is 11.7. The SMILES string of the molecule is O=C(N[C@@H]1OC(CO)[C@@H](O)C(O)[C@@H]1O)c1cc(O)c(O)c(O)c1. The van der Waals surface area contributed by atoms with Crippen molar-refractivity contribution in [2.45, 2.75) is 30.6 Å². The highest BCUT2D eigenvalue weighted by molar-refractivity contribution is 5.95. The van der Waals surface area contributed by atoms with Crippen molar-refractivity contribution in [3.05, 3.63) is 17.7 Å². The number of carbonyl (C=O) groups is 1. The van der Waals surface area contributed by atoms with Gasteiger partial charge in [-0.1, -0.05) is 0 Å². The van der Waals surface area contributed by atoms with E-state index in [4.69, 9.17) is 9.84 Å². The molecule has 1 saturated heterocycles. The fourth-order valence-electron chi connectivity index (χ4n) is 2.17.